The maximum atomic E-state index is 12.4. The Bertz CT molecular complexity index is 901. The summed E-state index contributed by atoms with van der Waals surface area (Å²) in [7, 11) is 0. The summed E-state index contributed by atoms with van der Waals surface area (Å²) in [5.41, 5.74) is 9.01. The molecule has 0 radical (unpaired) electrons. The number of fused-ring (bicyclic) bond motifs is 1. The molecule has 4 rings (SSSR count). The first-order valence-electron chi connectivity index (χ1n) is 8.73. The summed E-state index contributed by atoms with van der Waals surface area (Å²) >= 11 is 0. The van der Waals surface area contributed by atoms with Gasteiger partial charge in [-0.2, -0.15) is 4.98 Å². The van der Waals surface area contributed by atoms with Gasteiger partial charge in [-0.1, -0.05) is 11.2 Å². The molecule has 3 N–H and O–H groups in total. The van der Waals surface area contributed by atoms with Crippen LogP contribution in [0, 0.1) is 0 Å². The average Bonchev–Trinajstić information content (AvgIpc) is 3.31. The van der Waals surface area contributed by atoms with E-state index < -0.39 is 0 Å². The van der Waals surface area contributed by atoms with Crippen LogP contribution in [0.5, 0.6) is 0 Å². The molecule has 1 aromatic carbocycles. The van der Waals surface area contributed by atoms with Crippen LogP contribution in [0.3, 0.4) is 0 Å². The van der Waals surface area contributed by atoms with Gasteiger partial charge in [-0.15, -0.1) is 0 Å². The molecule has 26 heavy (non-hydrogen) atoms. The summed E-state index contributed by atoms with van der Waals surface area (Å²) in [4.78, 5) is 16.6. The minimum Gasteiger partial charge on any atom is -0.461 e. The fraction of sp³-hybridized carbons (Fsp3) is 0.316. The number of amides is 1. The van der Waals surface area contributed by atoms with Crippen LogP contribution in [-0.4, -0.2) is 16.0 Å². The smallest absolute Gasteiger partial charge is 0.238 e. The number of rotatable bonds is 5. The second-order valence-electron chi connectivity index (χ2n) is 6.46. The molecule has 0 saturated heterocycles. The van der Waals surface area contributed by atoms with Gasteiger partial charge in [0.25, 0.3) is 0 Å². The highest BCUT2D eigenvalue weighted by Gasteiger charge is 2.22. The van der Waals surface area contributed by atoms with Crippen molar-refractivity contribution in [1.82, 2.24) is 15.5 Å². The molecule has 1 amide bonds. The number of hydrogen-bond acceptors (Lipinski definition) is 6. The number of carbonyl (C=O) groups is 1. The summed E-state index contributed by atoms with van der Waals surface area (Å²) in [6, 6.07) is 9.46. The molecule has 3 aromatic rings. The molecule has 2 aromatic heterocycles. The molecule has 7 nitrogen and oxygen atoms in total. The molecule has 1 atom stereocenters. The van der Waals surface area contributed by atoms with Crippen molar-refractivity contribution in [3.63, 3.8) is 0 Å². The Hall–Kier alpha value is -3.09. The van der Waals surface area contributed by atoms with Gasteiger partial charge in [0.2, 0.25) is 17.6 Å². The number of nitrogens with two attached hydrogens (primary N) is 1. The number of nitrogens with one attached hydrogen (secondary N) is 1. The van der Waals surface area contributed by atoms with Gasteiger partial charge in [0.05, 0.1) is 12.3 Å². The average molecular weight is 352 g/mol. The van der Waals surface area contributed by atoms with E-state index in [0.29, 0.717) is 30.3 Å². The van der Waals surface area contributed by atoms with E-state index in [4.69, 9.17) is 14.7 Å². The summed E-state index contributed by atoms with van der Waals surface area (Å²) in [6.45, 7) is 0. The summed E-state index contributed by atoms with van der Waals surface area (Å²) in [6.07, 6.45) is 5.21. The van der Waals surface area contributed by atoms with Gasteiger partial charge in [0, 0.05) is 18.5 Å². The Morgan fingerprint density at radius 2 is 2.27 bits per heavy atom. The highest BCUT2D eigenvalue weighted by atomic mass is 16.5. The maximum Gasteiger partial charge on any atom is 0.238 e. The van der Waals surface area contributed by atoms with E-state index >= 15 is 0 Å². The number of nitrogens with zero attached hydrogens (tertiary/aromatic N) is 2. The molecule has 0 bridgehead atoms. The third-order valence-electron chi connectivity index (χ3n) is 4.59. The van der Waals surface area contributed by atoms with Crippen molar-refractivity contribution in [1.29, 1.82) is 0 Å². The predicted octanol–water partition coefficient (Wildman–Crippen LogP) is 3.04. The van der Waals surface area contributed by atoms with E-state index in [1.54, 1.807) is 18.4 Å². The molecule has 1 aliphatic carbocycles. The molecule has 1 aliphatic rings. The van der Waals surface area contributed by atoms with Crippen LogP contribution >= 0.6 is 0 Å². The van der Waals surface area contributed by atoms with Gasteiger partial charge in [-0.25, -0.2) is 0 Å². The minimum atomic E-state index is -0.0302. The van der Waals surface area contributed by atoms with E-state index in [1.165, 1.54) is 5.56 Å². The number of hydrogen-bond donors (Lipinski definition) is 2. The number of nitrogen functional groups attached to an aromatic ring is 1. The van der Waals surface area contributed by atoms with Crippen molar-refractivity contribution < 1.29 is 13.7 Å². The molecular weight excluding hydrogens is 332 g/mol. The van der Waals surface area contributed by atoms with Gasteiger partial charge < -0.3 is 20.0 Å². The lowest BCUT2D eigenvalue weighted by Crippen LogP contribution is -2.31. The first-order valence-corrected chi connectivity index (χ1v) is 8.73. The number of aryl methyl sites for hydroxylation is 2. The molecule has 0 saturated carbocycles. The van der Waals surface area contributed by atoms with Crippen LogP contribution in [0.15, 0.2) is 45.5 Å². The Balaban J connectivity index is 1.35. The number of benzene rings is 1. The van der Waals surface area contributed by atoms with Crippen molar-refractivity contribution in [3.8, 4) is 11.6 Å². The fourth-order valence-corrected chi connectivity index (χ4v) is 3.33. The standard InChI is InChI=1S/C19H20N4O3/c20-13-6-7-14-12(11-13)3-1-4-15(14)21-17(24)8-9-18-22-19(23-26-18)16-5-2-10-25-16/h2,5-7,10-11,15H,1,3-4,8-9,20H2,(H,21,24). The van der Waals surface area contributed by atoms with E-state index in [-0.39, 0.29) is 11.9 Å². The zero-order valence-electron chi connectivity index (χ0n) is 14.3. The fourth-order valence-electron chi connectivity index (χ4n) is 3.33. The van der Waals surface area contributed by atoms with E-state index in [2.05, 4.69) is 15.5 Å². The van der Waals surface area contributed by atoms with Crippen LogP contribution in [0.2, 0.25) is 0 Å². The molecule has 0 spiro atoms. The van der Waals surface area contributed by atoms with Gasteiger partial charge in [-0.05, 0) is 54.7 Å². The molecule has 1 unspecified atom stereocenters. The topological polar surface area (TPSA) is 107 Å². The van der Waals surface area contributed by atoms with Crippen LogP contribution in [-0.2, 0) is 17.6 Å². The highest BCUT2D eigenvalue weighted by Crippen LogP contribution is 2.31. The first kappa shape index (κ1) is 16.4. The van der Waals surface area contributed by atoms with Crippen molar-refractivity contribution >= 4 is 11.6 Å². The van der Waals surface area contributed by atoms with E-state index in [0.717, 1.165) is 30.5 Å². The highest BCUT2D eigenvalue weighted by molar-refractivity contribution is 5.76. The molecular formula is C19H20N4O3. The number of carbonyl (C=O) groups excluding carboxylic acids is 1. The maximum absolute atomic E-state index is 12.4. The second-order valence-corrected chi connectivity index (χ2v) is 6.46. The molecule has 0 fully saturated rings. The number of furan rings is 1. The lowest BCUT2D eigenvalue weighted by molar-refractivity contribution is -0.122. The normalized spacial score (nSPS) is 16.2. The Kier molecular flexibility index (Phi) is 4.43. The molecule has 0 aliphatic heterocycles. The largest absolute Gasteiger partial charge is 0.461 e. The third kappa shape index (κ3) is 3.46. The van der Waals surface area contributed by atoms with Crippen LogP contribution in [0.25, 0.3) is 11.6 Å². The lowest BCUT2D eigenvalue weighted by atomic mass is 9.87. The summed E-state index contributed by atoms with van der Waals surface area (Å²) < 4.78 is 10.4. The summed E-state index contributed by atoms with van der Waals surface area (Å²) in [5, 5.41) is 6.98. The number of aromatic nitrogens is 2. The molecule has 134 valence electrons. The SMILES string of the molecule is Nc1ccc2c(c1)CCCC2NC(=O)CCc1nc(-c2ccco2)no1. The third-order valence-corrected chi connectivity index (χ3v) is 4.59. The van der Waals surface area contributed by atoms with Crippen molar-refractivity contribution in [2.75, 3.05) is 5.73 Å². The van der Waals surface area contributed by atoms with Crippen molar-refractivity contribution in [3.05, 3.63) is 53.6 Å². The molecule has 7 heteroatoms. The van der Waals surface area contributed by atoms with Gasteiger partial charge in [0.1, 0.15) is 0 Å². The Labute approximate surface area is 150 Å². The minimum absolute atomic E-state index is 0.0302. The number of anilines is 1. The van der Waals surface area contributed by atoms with Crippen LogP contribution in [0.4, 0.5) is 5.69 Å². The zero-order valence-corrected chi connectivity index (χ0v) is 14.3. The predicted molar refractivity (Wildman–Crippen MR) is 95.0 cm³/mol. The Morgan fingerprint density at radius 3 is 3.12 bits per heavy atom. The van der Waals surface area contributed by atoms with Crippen LogP contribution < -0.4 is 11.1 Å². The Morgan fingerprint density at radius 1 is 1.35 bits per heavy atom. The van der Waals surface area contributed by atoms with Gasteiger partial charge in [-0.3, -0.25) is 4.79 Å². The first-order chi connectivity index (χ1) is 12.7. The quantitative estimate of drug-likeness (QED) is 0.684. The van der Waals surface area contributed by atoms with Crippen LogP contribution in [0.1, 0.15) is 42.3 Å². The summed E-state index contributed by atoms with van der Waals surface area (Å²) in [5.74, 6) is 1.33. The lowest BCUT2D eigenvalue weighted by Gasteiger charge is -2.26. The second kappa shape index (κ2) is 7.03. The molecule has 2 heterocycles. The monoisotopic (exact) mass is 352 g/mol. The van der Waals surface area contributed by atoms with Crippen molar-refractivity contribution in [2.24, 2.45) is 0 Å². The zero-order chi connectivity index (χ0) is 17.9. The van der Waals surface area contributed by atoms with E-state index in [9.17, 15) is 4.79 Å². The van der Waals surface area contributed by atoms with E-state index in [1.807, 2.05) is 18.2 Å². The van der Waals surface area contributed by atoms with Gasteiger partial charge >= 0.3 is 0 Å². The van der Waals surface area contributed by atoms with Crippen molar-refractivity contribution in [2.45, 2.75) is 38.1 Å². The van der Waals surface area contributed by atoms with Gasteiger partial charge in [0.15, 0.2) is 5.76 Å².